The minimum Gasteiger partial charge on any atom is -0.351 e. The standard InChI is InChI=1S/C20H14N4O2/c25-11-19-15(13-1-5-21-6-2-13)9-17(23-19)18-10-16(20(12-26)24-18)14-3-7-22-8-4-14/h1-12,23-24H. The molecule has 0 atom stereocenters. The number of rotatable bonds is 5. The van der Waals surface area contributed by atoms with Gasteiger partial charge in [0.1, 0.15) is 0 Å². The van der Waals surface area contributed by atoms with Crippen LogP contribution in [0.15, 0.2) is 61.2 Å². The van der Waals surface area contributed by atoms with Gasteiger partial charge in [-0.3, -0.25) is 19.6 Å². The van der Waals surface area contributed by atoms with E-state index in [2.05, 4.69) is 19.9 Å². The highest BCUT2D eigenvalue weighted by atomic mass is 16.1. The Kier molecular flexibility index (Phi) is 3.99. The van der Waals surface area contributed by atoms with Crippen molar-refractivity contribution < 1.29 is 9.59 Å². The van der Waals surface area contributed by atoms with E-state index in [1.807, 2.05) is 36.4 Å². The Hall–Kier alpha value is -3.80. The van der Waals surface area contributed by atoms with E-state index in [9.17, 15) is 9.59 Å². The number of carbonyl (C=O) groups excluding carboxylic acids is 2. The highest BCUT2D eigenvalue weighted by molar-refractivity contribution is 5.91. The minimum absolute atomic E-state index is 0.471. The number of nitrogens with zero attached hydrogens (tertiary/aromatic N) is 2. The van der Waals surface area contributed by atoms with Crippen LogP contribution in [-0.2, 0) is 0 Å². The van der Waals surface area contributed by atoms with Crippen molar-refractivity contribution in [1.82, 2.24) is 19.9 Å². The van der Waals surface area contributed by atoms with Crippen LogP contribution in [0.2, 0.25) is 0 Å². The Morgan fingerprint density at radius 3 is 1.38 bits per heavy atom. The summed E-state index contributed by atoms with van der Waals surface area (Å²) in [5, 5.41) is 0. The van der Waals surface area contributed by atoms with Crippen LogP contribution in [0.4, 0.5) is 0 Å². The van der Waals surface area contributed by atoms with Gasteiger partial charge in [0.05, 0.1) is 22.8 Å². The van der Waals surface area contributed by atoms with Gasteiger partial charge >= 0.3 is 0 Å². The Bertz CT molecular complexity index is 978. The van der Waals surface area contributed by atoms with E-state index in [0.717, 1.165) is 46.2 Å². The lowest BCUT2D eigenvalue weighted by atomic mass is 10.1. The Labute approximate surface area is 149 Å². The molecule has 0 saturated heterocycles. The smallest absolute Gasteiger partial charge is 0.166 e. The van der Waals surface area contributed by atoms with Crippen molar-refractivity contribution in [3.63, 3.8) is 0 Å². The van der Waals surface area contributed by atoms with Crippen LogP contribution in [0.5, 0.6) is 0 Å². The van der Waals surface area contributed by atoms with Crippen molar-refractivity contribution in [3.8, 4) is 33.6 Å². The molecule has 126 valence electrons. The Morgan fingerprint density at radius 2 is 1.04 bits per heavy atom. The molecule has 0 aliphatic carbocycles. The topological polar surface area (TPSA) is 91.5 Å². The lowest BCUT2D eigenvalue weighted by Gasteiger charge is -1.96. The summed E-state index contributed by atoms with van der Waals surface area (Å²) in [6.45, 7) is 0. The molecule has 4 aromatic rings. The normalized spacial score (nSPS) is 10.6. The first-order chi connectivity index (χ1) is 12.8. The molecule has 0 aliphatic rings. The molecule has 4 heterocycles. The molecule has 0 aromatic carbocycles. The van der Waals surface area contributed by atoms with Gasteiger partial charge in [-0.1, -0.05) is 0 Å². The fourth-order valence-corrected chi connectivity index (χ4v) is 2.96. The zero-order valence-corrected chi connectivity index (χ0v) is 13.6. The number of aromatic nitrogens is 4. The summed E-state index contributed by atoms with van der Waals surface area (Å²) in [7, 11) is 0. The molecule has 0 aliphatic heterocycles. The third kappa shape index (κ3) is 2.73. The van der Waals surface area contributed by atoms with Crippen LogP contribution in [0, 0.1) is 0 Å². The van der Waals surface area contributed by atoms with Crippen molar-refractivity contribution >= 4 is 12.6 Å². The number of carbonyl (C=O) groups is 2. The van der Waals surface area contributed by atoms with Crippen molar-refractivity contribution in [2.45, 2.75) is 0 Å². The maximum Gasteiger partial charge on any atom is 0.166 e. The maximum atomic E-state index is 11.5. The molecule has 0 unspecified atom stereocenters. The third-order valence-corrected chi connectivity index (χ3v) is 4.20. The molecule has 0 bridgehead atoms. The molecule has 26 heavy (non-hydrogen) atoms. The number of aldehydes is 2. The monoisotopic (exact) mass is 342 g/mol. The molecule has 0 spiro atoms. The fourth-order valence-electron chi connectivity index (χ4n) is 2.96. The fraction of sp³-hybridized carbons (Fsp3) is 0. The van der Waals surface area contributed by atoms with E-state index in [-0.39, 0.29) is 0 Å². The first-order valence-electron chi connectivity index (χ1n) is 7.97. The molecule has 4 rings (SSSR count). The van der Waals surface area contributed by atoms with E-state index >= 15 is 0 Å². The number of hydrogen-bond donors (Lipinski definition) is 2. The number of nitrogens with one attached hydrogen (secondary N) is 2. The average molecular weight is 342 g/mol. The molecular formula is C20H14N4O2. The zero-order valence-electron chi connectivity index (χ0n) is 13.6. The van der Waals surface area contributed by atoms with Crippen LogP contribution in [0.1, 0.15) is 21.0 Å². The molecule has 2 N–H and O–H groups in total. The zero-order chi connectivity index (χ0) is 17.9. The molecule has 0 fully saturated rings. The molecular weight excluding hydrogens is 328 g/mol. The van der Waals surface area contributed by atoms with E-state index < -0.39 is 0 Å². The first-order valence-corrected chi connectivity index (χ1v) is 7.97. The van der Waals surface area contributed by atoms with Crippen LogP contribution >= 0.6 is 0 Å². The maximum absolute atomic E-state index is 11.5. The van der Waals surface area contributed by atoms with Gasteiger partial charge in [0.25, 0.3) is 0 Å². The van der Waals surface area contributed by atoms with Crippen LogP contribution < -0.4 is 0 Å². The van der Waals surface area contributed by atoms with Crippen molar-refractivity contribution in [2.75, 3.05) is 0 Å². The van der Waals surface area contributed by atoms with Crippen molar-refractivity contribution in [1.29, 1.82) is 0 Å². The average Bonchev–Trinajstić information content (AvgIpc) is 3.33. The van der Waals surface area contributed by atoms with Crippen molar-refractivity contribution in [3.05, 3.63) is 72.6 Å². The van der Waals surface area contributed by atoms with Gasteiger partial charge in [0, 0.05) is 35.9 Å². The predicted molar refractivity (Wildman–Crippen MR) is 97.8 cm³/mol. The summed E-state index contributed by atoms with van der Waals surface area (Å²) >= 11 is 0. The van der Waals surface area contributed by atoms with E-state index in [4.69, 9.17) is 0 Å². The van der Waals surface area contributed by atoms with Gasteiger partial charge in [0.15, 0.2) is 12.6 Å². The summed E-state index contributed by atoms with van der Waals surface area (Å²) in [5.41, 5.74) is 5.74. The summed E-state index contributed by atoms with van der Waals surface area (Å²) in [6, 6.07) is 11.1. The summed E-state index contributed by atoms with van der Waals surface area (Å²) in [4.78, 5) is 37.2. The number of hydrogen-bond acceptors (Lipinski definition) is 4. The lowest BCUT2D eigenvalue weighted by molar-refractivity contribution is 0.111. The molecule has 0 saturated carbocycles. The molecule has 4 aromatic heterocycles. The van der Waals surface area contributed by atoms with Gasteiger partial charge in [0.2, 0.25) is 0 Å². The van der Waals surface area contributed by atoms with Gasteiger partial charge in [-0.05, 0) is 47.5 Å². The van der Waals surface area contributed by atoms with E-state index in [1.54, 1.807) is 24.8 Å². The minimum atomic E-state index is 0.471. The second-order valence-electron chi connectivity index (χ2n) is 5.73. The van der Waals surface area contributed by atoms with Gasteiger partial charge in [-0.25, -0.2) is 0 Å². The third-order valence-electron chi connectivity index (χ3n) is 4.20. The number of pyridine rings is 2. The summed E-state index contributed by atoms with van der Waals surface area (Å²) in [6.07, 6.45) is 8.28. The second kappa shape index (κ2) is 6.60. The van der Waals surface area contributed by atoms with Gasteiger partial charge in [-0.2, -0.15) is 0 Å². The first kappa shape index (κ1) is 15.7. The predicted octanol–water partition coefficient (Wildman–Crippen LogP) is 3.76. The van der Waals surface area contributed by atoms with Crippen LogP contribution in [0.25, 0.3) is 33.6 Å². The largest absolute Gasteiger partial charge is 0.351 e. The van der Waals surface area contributed by atoms with Crippen LogP contribution in [-0.4, -0.2) is 32.5 Å². The van der Waals surface area contributed by atoms with E-state index in [1.165, 1.54) is 0 Å². The quantitative estimate of drug-likeness (QED) is 0.540. The molecule has 6 nitrogen and oxygen atoms in total. The number of aromatic amines is 2. The van der Waals surface area contributed by atoms with Gasteiger partial charge in [-0.15, -0.1) is 0 Å². The lowest BCUT2D eigenvalue weighted by Crippen LogP contribution is -1.85. The SMILES string of the molecule is O=Cc1[nH]c(-c2cc(-c3ccncc3)c(C=O)[nH]2)cc1-c1ccncc1. The highest BCUT2D eigenvalue weighted by Gasteiger charge is 2.15. The summed E-state index contributed by atoms with van der Waals surface area (Å²) < 4.78 is 0. The molecule has 0 radical (unpaired) electrons. The number of H-pyrrole nitrogens is 2. The molecule has 0 amide bonds. The Balaban J connectivity index is 1.82. The highest BCUT2D eigenvalue weighted by Crippen LogP contribution is 2.32. The van der Waals surface area contributed by atoms with Crippen LogP contribution in [0.3, 0.4) is 0 Å². The van der Waals surface area contributed by atoms with E-state index in [0.29, 0.717) is 11.4 Å². The van der Waals surface area contributed by atoms with Gasteiger partial charge < -0.3 is 9.97 Å². The molecule has 6 heteroatoms. The second-order valence-corrected chi connectivity index (χ2v) is 5.73. The summed E-state index contributed by atoms with van der Waals surface area (Å²) in [5.74, 6) is 0. The Morgan fingerprint density at radius 1 is 0.654 bits per heavy atom. The van der Waals surface area contributed by atoms with Crippen molar-refractivity contribution in [2.24, 2.45) is 0 Å².